The molecule has 2 rings (SSSR count). The maximum atomic E-state index is 12.0. The molecule has 0 heterocycles. The number of aliphatic carboxylic acids is 1. The number of rotatable bonds is 9. The van der Waals surface area contributed by atoms with Gasteiger partial charge in [-0.25, -0.2) is 10.2 Å². The minimum absolute atomic E-state index is 0.141. The van der Waals surface area contributed by atoms with E-state index < -0.39 is 12.6 Å². The Hall–Kier alpha value is -2.58. The number of carboxylic acids is 1. The number of benzene rings is 2. The average molecular weight is 470 g/mol. The number of ether oxygens (including phenoxy) is 2. The fraction of sp³-hybridized carbons (Fsp3) is 0.211. The van der Waals surface area contributed by atoms with Crippen LogP contribution < -0.4 is 14.9 Å². The predicted molar refractivity (Wildman–Crippen MR) is 109 cm³/mol. The van der Waals surface area contributed by atoms with E-state index in [1.807, 2.05) is 24.3 Å². The first-order valence-corrected chi connectivity index (χ1v) is 9.43. The third kappa shape index (κ3) is 6.86. The molecule has 148 valence electrons. The van der Waals surface area contributed by atoms with Crippen molar-refractivity contribution in [2.24, 2.45) is 5.10 Å². The van der Waals surface area contributed by atoms with E-state index in [1.165, 1.54) is 12.3 Å². The van der Waals surface area contributed by atoms with Crippen molar-refractivity contribution < 1.29 is 24.2 Å². The zero-order chi connectivity index (χ0) is 20.5. The van der Waals surface area contributed by atoms with Gasteiger partial charge in [0.25, 0.3) is 0 Å². The number of carbonyl (C=O) groups excluding carboxylic acids is 1. The van der Waals surface area contributed by atoms with E-state index in [0.29, 0.717) is 17.9 Å². The van der Waals surface area contributed by atoms with Crippen LogP contribution in [0, 0.1) is 0 Å². The zero-order valence-corrected chi connectivity index (χ0v) is 17.3. The van der Waals surface area contributed by atoms with Crippen LogP contribution in [0.5, 0.6) is 11.5 Å². The Labute approximate surface area is 175 Å². The quantitative estimate of drug-likeness (QED) is 0.431. The topological polar surface area (TPSA) is 97.2 Å². The lowest BCUT2D eigenvalue weighted by molar-refractivity contribution is -0.139. The van der Waals surface area contributed by atoms with Gasteiger partial charge in [-0.1, -0.05) is 39.7 Å². The summed E-state index contributed by atoms with van der Waals surface area (Å²) in [6.07, 6.45) is 1.60. The molecule has 0 saturated heterocycles. The molecule has 9 heteroatoms. The Bertz CT molecular complexity index is 871. The van der Waals surface area contributed by atoms with Gasteiger partial charge in [-0.2, -0.15) is 5.10 Å². The number of hydrogen-bond donors (Lipinski definition) is 2. The van der Waals surface area contributed by atoms with E-state index >= 15 is 0 Å². The molecule has 2 aromatic carbocycles. The van der Waals surface area contributed by atoms with Crippen LogP contribution in [0.3, 0.4) is 0 Å². The highest BCUT2D eigenvalue weighted by molar-refractivity contribution is 9.10. The Morgan fingerprint density at radius 2 is 1.96 bits per heavy atom. The summed E-state index contributed by atoms with van der Waals surface area (Å²) >= 11 is 9.51. The van der Waals surface area contributed by atoms with Crippen LogP contribution in [0.1, 0.15) is 18.1 Å². The zero-order valence-electron chi connectivity index (χ0n) is 14.9. The van der Waals surface area contributed by atoms with E-state index in [2.05, 4.69) is 26.5 Å². The van der Waals surface area contributed by atoms with Crippen LogP contribution in [0.2, 0.25) is 5.02 Å². The second kappa shape index (κ2) is 10.7. The van der Waals surface area contributed by atoms with Crippen molar-refractivity contribution in [2.45, 2.75) is 13.3 Å². The van der Waals surface area contributed by atoms with Crippen molar-refractivity contribution in [3.8, 4) is 11.5 Å². The highest BCUT2D eigenvalue weighted by atomic mass is 79.9. The number of carboxylic acid groups (broad SMARTS) is 1. The first-order chi connectivity index (χ1) is 13.4. The van der Waals surface area contributed by atoms with Gasteiger partial charge in [0.2, 0.25) is 5.91 Å². The average Bonchev–Trinajstić information content (AvgIpc) is 2.63. The van der Waals surface area contributed by atoms with E-state index in [-0.39, 0.29) is 23.1 Å². The summed E-state index contributed by atoms with van der Waals surface area (Å²) in [5.74, 6) is -0.963. The number of hydrazone groups is 1. The first-order valence-electron chi connectivity index (χ1n) is 8.26. The molecule has 0 fully saturated rings. The second-order valence-electron chi connectivity index (χ2n) is 5.54. The van der Waals surface area contributed by atoms with Gasteiger partial charge in [0.05, 0.1) is 24.3 Å². The van der Waals surface area contributed by atoms with Crippen LogP contribution in [-0.4, -0.2) is 36.4 Å². The fourth-order valence-electron chi connectivity index (χ4n) is 2.21. The number of nitrogens with zero attached hydrogens (tertiary/aromatic N) is 1. The maximum absolute atomic E-state index is 12.0. The molecular weight excluding hydrogens is 452 g/mol. The molecule has 0 aliphatic rings. The highest BCUT2D eigenvalue weighted by Gasteiger charge is 2.13. The summed E-state index contributed by atoms with van der Waals surface area (Å²) in [7, 11) is 0. The molecule has 0 unspecified atom stereocenters. The third-order valence-electron chi connectivity index (χ3n) is 3.35. The van der Waals surface area contributed by atoms with Crippen LogP contribution in [0.15, 0.2) is 46.0 Å². The molecule has 7 nitrogen and oxygen atoms in total. The molecule has 0 saturated carbocycles. The molecule has 0 radical (unpaired) electrons. The van der Waals surface area contributed by atoms with Gasteiger partial charge in [0.1, 0.15) is 0 Å². The predicted octanol–water partition coefficient (Wildman–Crippen LogP) is 3.66. The van der Waals surface area contributed by atoms with Crippen LogP contribution in [-0.2, 0) is 16.0 Å². The summed E-state index contributed by atoms with van der Waals surface area (Å²) in [4.78, 5) is 22.7. The lowest BCUT2D eigenvalue weighted by atomic mass is 10.1. The van der Waals surface area contributed by atoms with Crippen LogP contribution in [0.4, 0.5) is 0 Å². The lowest BCUT2D eigenvalue weighted by Crippen LogP contribution is -2.19. The summed E-state index contributed by atoms with van der Waals surface area (Å²) in [5, 5.41) is 12.9. The molecule has 2 N–H and O–H groups in total. The van der Waals surface area contributed by atoms with Crippen molar-refractivity contribution in [2.75, 3.05) is 13.2 Å². The van der Waals surface area contributed by atoms with Gasteiger partial charge in [0.15, 0.2) is 18.1 Å². The second-order valence-corrected chi connectivity index (χ2v) is 6.86. The lowest BCUT2D eigenvalue weighted by Gasteiger charge is -2.13. The summed E-state index contributed by atoms with van der Waals surface area (Å²) in [5.41, 5.74) is 3.86. The van der Waals surface area contributed by atoms with Crippen molar-refractivity contribution in [1.29, 1.82) is 0 Å². The highest BCUT2D eigenvalue weighted by Crippen LogP contribution is 2.36. The number of amides is 1. The molecule has 1 amide bonds. The molecule has 0 aliphatic heterocycles. The Morgan fingerprint density at radius 3 is 2.61 bits per heavy atom. The third-order valence-corrected chi connectivity index (χ3v) is 4.16. The van der Waals surface area contributed by atoms with Crippen LogP contribution >= 0.6 is 27.5 Å². The molecule has 0 aromatic heterocycles. The first kappa shape index (κ1) is 21.7. The maximum Gasteiger partial charge on any atom is 0.341 e. The molecule has 0 atom stereocenters. The summed E-state index contributed by atoms with van der Waals surface area (Å²) in [6, 6.07) is 10.5. The van der Waals surface area contributed by atoms with Crippen molar-refractivity contribution >= 4 is 45.6 Å². The number of hydrogen-bond acceptors (Lipinski definition) is 5. The molecule has 0 bridgehead atoms. The molecule has 28 heavy (non-hydrogen) atoms. The van der Waals surface area contributed by atoms with Gasteiger partial charge in [-0.05, 0) is 42.3 Å². The largest absolute Gasteiger partial charge is 0.490 e. The molecule has 2 aromatic rings. The smallest absolute Gasteiger partial charge is 0.341 e. The van der Waals surface area contributed by atoms with E-state index in [0.717, 1.165) is 10.0 Å². The fourth-order valence-corrected chi connectivity index (χ4v) is 2.74. The van der Waals surface area contributed by atoms with Crippen LogP contribution in [0.25, 0.3) is 0 Å². The standard InChI is InChI=1S/C19H18BrClN2O5/c1-2-27-16-8-13(7-15(21)19(16)28-11-18(25)26)10-22-23-17(24)9-12-3-5-14(20)6-4-12/h3-8,10H,2,9,11H2,1H3,(H,23,24)(H,25,26)/b22-10+. The Kier molecular flexibility index (Phi) is 8.28. The molecule has 0 aliphatic carbocycles. The van der Waals surface area contributed by atoms with Gasteiger partial charge in [-0.3, -0.25) is 4.79 Å². The van der Waals surface area contributed by atoms with Crippen molar-refractivity contribution in [1.82, 2.24) is 5.43 Å². The summed E-state index contributed by atoms with van der Waals surface area (Å²) < 4.78 is 11.6. The minimum atomic E-state index is -1.13. The van der Waals surface area contributed by atoms with E-state index in [4.69, 9.17) is 26.2 Å². The Balaban J connectivity index is 2.04. The molecule has 0 spiro atoms. The van der Waals surface area contributed by atoms with Gasteiger partial charge in [0, 0.05) is 4.47 Å². The van der Waals surface area contributed by atoms with Gasteiger partial charge in [-0.15, -0.1) is 0 Å². The SMILES string of the molecule is CCOc1cc(/C=N/NC(=O)Cc2ccc(Br)cc2)cc(Cl)c1OCC(=O)O. The molecular formula is C19H18BrClN2O5. The van der Waals surface area contributed by atoms with E-state index in [1.54, 1.807) is 13.0 Å². The van der Waals surface area contributed by atoms with Crippen molar-refractivity contribution in [3.05, 3.63) is 57.0 Å². The number of halogens is 2. The minimum Gasteiger partial charge on any atom is -0.490 e. The summed E-state index contributed by atoms with van der Waals surface area (Å²) in [6.45, 7) is 1.57. The number of nitrogens with one attached hydrogen (secondary N) is 1. The van der Waals surface area contributed by atoms with Crippen molar-refractivity contribution in [3.63, 3.8) is 0 Å². The monoisotopic (exact) mass is 468 g/mol. The van der Waals surface area contributed by atoms with Gasteiger partial charge < -0.3 is 14.6 Å². The normalized spacial score (nSPS) is 10.7. The number of carbonyl (C=O) groups is 2. The Morgan fingerprint density at radius 1 is 1.25 bits per heavy atom. The van der Waals surface area contributed by atoms with E-state index in [9.17, 15) is 9.59 Å². The van der Waals surface area contributed by atoms with Gasteiger partial charge >= 0.3 is 5.97 Å².